The fraction of sp³-hybridized carbons (Fsp3) is 0.933. The molecule has 1 amide bonds. The average molecular weight is 250 g/mol. The predicted molar refractivity (Wildman–Crippen MR) is 71.9 cm³/mol. The maximum absolute atomic E-state index is 12.4. The Morgan fingerprint density at radius 1 is 1.33 bits per heavy atom. The van der Waals surface area contributed by atoms with Gasteiger partial charge in [-0.2, -0.15) is 0 Å². The van der Waals surface area contributed by atoms with Gasteiger partial charge < -0.3 is 4.90 Å². The van der Waals surface area contributed by atoms with Gasteiger partial charge in [-0.1, -0.05) is 26.7 Å². The quantitative estimate of drug-likeness (QED) is 0.831. The van der Waals surface area contributed by atoms with Crippen molar-refractivity contribution in [3.8, 4) is 0 Å². The summed E-state index contributed by atoms with van der Waals surface area (Å²) < 4.78 is 0. The van der Waals surface area contributed by atoms with Gasteiger partial charge in [-0.15, -0.1) is 0 Å². The van der Waals surface area contributed by atoms with Crippen molar-refractivity contribution in [2.45, 2.75) is 64.6 Å². The van der Waals surface area contributed by atoms with Crippen LogP contribution in [0, 0.1) is 17.8 Å². The molecule has 4 unspecified atom stereocenters. The lowest BCUT2D eigenvalue weighted by Gasteiger charge is -2.29. The van der Waals surface area contributed by atoms with E-state index in [1.54, 1.807) is 0 Å². The first kappa shape index (κ1) is 12.5. The Kier molecular flexibility index (Phi) is 3.35. The first-order valence-corrected chi connectivity index (χ1v) is 7.77. The highest BCUT2D eigenvalue weighted by Gasteiger charge is 2.45. The molecule has 0 radical (unpaired) electrons. The monoisotopic (exact) mass is 250 g/mol. The SMILES string of the molecule is CCC1NC(C2CCCC2)N(CC2CC2C)C1=O. The molecule has 3 fully saturated rings. The molecule has 0 aromatic rings. The van der Waals surface area contributed by atoms with E-state index < -0.39 is 0 Å². The van der Waals surface area contributed by atoms with Gasteiger partial charge in [0, 0.05) is 6.54 Å². The van der Waals surface area contributed by atoms with E-state index in [0.717, 1.165) is 24.8 Å². The third-order valence-corrected chi connectivity index (χ3v) is 5.25. The lowest BCUT2D eigenvalue weighted by molar-refractivity contribution is -0.130. The number of hydrogen-bond donors (Lipinski definition) is 1. The number of amides is 1. The lowest BCUT2D eigenvalue weighted by Crippen LogP contribution is -2.43. The van der Waals surface area contributed by atoms with Crippen molar-refractivity contribution in [1.82, 2.24) is 10.2 Å². The molecule has 1 saturated heterocycles. The fourth-order valence-electron chi connectivity index (χ4n) is 3.77. The Morgan fingerprint density at radius 3 is 2.56 bits per heavy atom. The minimum Gasteiger partial charge on any atom is -0.325 e. The Labute approximate surface area is 110 Å². The molecular weight excluding hydrogens is 224 g/mol. The summed E-state index contributed by atoms with van der Waals surface area (Å²) in [5.74, 6) is 2.69. The molecule has 1 aliphatic heterocycles. The van der Waals surface area contributed by atoms with Crippen LogP contribution in [0.3, 0.4) is 0 Å². The predicted octanol–water partition coefficient (Wildman–Crippen LogP) is 2.37. The molecule has 18 heavy (non-hydrogen) atoms. The van der Waals surface area contributed by atoms with Crippen LogP contribution in [-0.4, -0.2) is 29.6 Å². The van der Waals surface area contributed by atoms with Gasteiger partial charge in [0.2, 0.25) is 5.91 Å². The summed E-state index contributed by atoms with van der Waals surface area (Å²) in [6, 6.07) is 0.0876. The van der Waals surface area contributed by atoms with E-state index in [1.807, 2.05) is 0 Å². The standard InChI is InChI=1S/C15H26N2O/c1-3-13-15(18)17(9-12-8-10(12)2)14(16-13)11-6-4-5-7-11/h10-14,16H,3-9H2,1-2H3. The van der Waals surface area contributed by atoms with E-state index in [0.29, 0.717) is 18.0 Å². The number of nitrogens with one attached hydrogen (secondary N) is 1. The van der Waals surface area contributed by atoms with Gasteiger partial charge >= 0.3 is 0 Å². The molecule has 3 nitrogen and oxygen atoms in total. The van der Waals surface area contributed by atoms with Crippen LogP contribution < -0.4 is 5.32 Å². The zero-order chi connectivity index (χ0) is 12.7. The molecule has 4 atom stereocenters. The summed E-state index contributed by atoms with van der Waals surface area (Å²) in [5.41, 5.74) is 0. The maximum atomic E-state index is 12.4. The van der Waals surface area contributed by atoms with Crippen LogP contribution in [0.1, 0.15) is 52.4 Å². The highest BCUT2D eigenvalue weighted by molar-refractivity contribution is 5.84. The second kappa shape index (κ2) is 4.84. The van der Waals surface area contributed by atoms with Crippen molar-refractivity contribution in [3.05, 3.63) is 0 Å². The molecule has 2 saturated carbocycles. The number of carbonyl (C=O) groups excluding carboxylic acids is 1. The molecule has 0 aromatic heterocycles. The van der Waals surface area contributed by atoms with Crippen molar-refractivity contribution in [1.29, 1.82) is 0 Å². The molecular formula is C15H26N2O. The molecule has 102 valence electrons. The summed E-state index contributed by atoms with van der Waals surface area (Å²) in [5, 5.41) is 3.61. The van der Waals surface area contributed by atoms with Gasteiger partial charge in [0.05, 0.1) is 12.2 Å². The third kappa shape index (κ3) is 2.18. The summed E-state index contributed by atoms with van der Waals surface area (Å²) in [4.78, 5) is 14.6. The maximum Gasteiger partial charge on any atom is 0.241 e. The summed E-state index contributed by atoms with van der Waals surface area (Å²) in [6.07, 6.45) is 7.90. The average Bonchev–Trinajstić information content (AvgIpc) is 2.81. The van der Waals surface area contributed by atoms with E-state index >= 15 is 0 Å². The van der Waals surface area contributed by atoms with Crippen LogP contribution in [0.25, 0.3) is 0 Å². The van der Waals surface area contributed by atoms with Gasteiger partial charge in [0.1, 0.15) is 0 Å². The minimum absolute atomic E-state index is 0.0876. The molecule has 2 aliphatic carbocycles. The Morgan fingerprint density at radius 2 is 2.00 bits per heavy atom. The topological polar surface area (TPSA) is 32.3 Å². The van der Waals surface area contributed by atoms with Crippen molar-refractivity contribution in [2.75, 3.05) is 6.54 Å². The van der Waals surface area contributed by atoms with Crippen LogP contribution in [-0.2, 0) is 4.79 Å². The summed E-state index contributed by atoms with van der Waals surface area (Å²) in [7, 11) is 0. The molecule has 3 rings (SSSR count). The molecule has 3 heteroatoms. The van der Waals surface area contributed by atoms with E-state index in [9.17, 15) is 4.79 Å². The van der Waals surface area contributed by atoms with E-state index in [-0.39, 0.29) is 6.04 Å². The number of nitrogens with zero attached hydrogens (tertiary/aromatic N) is 1. The van der Waals surface area contributed by atoms with Crippen LogP contribution >= 0.6 is 0 Å². The molecule has 3 aliphatic rings. The largest absolute Gasteiger partial charge is 0.325 e. The first-order chi connectivity index (χ1) is 8.70. The van der Waals surface area contributed by atoms with E-state index in [4.69, 9.17) is 0 Å². The van der Waals surface area contributed by atoms with Crippen LogP contribution in [0.2, 0.25) is 0 Å². The number of rotatable bonds is 4. The number of carbonyl (C=O) groups is 1. The van der Waals surface area contributed by atoms with Crippen LogP contribution in [0.15, 0.2) is 0 Å². The van der Waals surface area contributed by atoms with Crippen LogP contribution in [0.5, 0.6) is 0 Å². The molecule has 0 aromatic carbocycles. The van der Waals surface area contributed by atoms with Crippen LogP contribution in [0.4, 0.5) is 0 Å². The van der Waals surface area contributed by atoms with Crippen molar-refractivity contribution in [2.24, 2.45) is 17.8 Å². The van der Waals surface area contributed by atoms with Crippen molar-refractivity contribution >= 4 is 5.91 Å². The normalized spacial score (nSPS) is 40.8. The molecule has 1 heterocycles. The zero-order valence-corrected chi connectivity index (χ0v) is 11.7. The zero-order valence-electron chi connectivity index (χ0n) is 11.7. The molecule has 0 bridgehead atoms. The number of hydrogen-bond acceptors (Lipinski definition) is 2. The Hall–Kier alpha value is -0.570. The highest BCUT2D eigenvalue weighted by atomic mass is 16.2. The van der Waals surface area contributed by atoms with Gasteiger partial charge in [0.15, 0.2) is 0 Å². The Balaban J connectivity index is 1.70. The molecule has 0 spiro atoms. The first-order valence-electron chi connectivity index (χ1n) is 7.77. The highest BCUT2D eigenvalue weighted by Crippen LogP contribution is 2.40. The van der Waals surface area contributed by atoms with Crippen molar-refractivity contribution < 1.29 is 4.79 Å². The van der Waals surface area contributed by atoms with Gasteiger partial charge in [0.25, 0.3) is 0 Å². The van der Waals surface area contributed by atoms with E-state index in [1.165, 1.54) is 32.1 Å². The summed E-state index contributed by atoms with van der Waals surface area (Å²) >= 11 is 0. The summed E-state index contributed by atoms with van der Waals surface area (Å²) in [6.45, 7) is 5.43. The van der Waals surface area contributed by atoms with Crippen molar-refractivity contribution in [3.63, 3.8) is 0 Å². The van der Waals surface area contributed by atoms with E-state index in [2.05, 4.69) is 24.1 Å². The fourth-order valence-corrected chi connectivity index (χ4v) is 3.77. The lowest BCUT2D eigenvalue weighted by atomic mass is 10.0. The minimum atomic E-state index is 0.0876. The Bertz CT molecular complexity index is 324. The van der Waals surface area contributed by atoms with Gasteiger partial charge in [-0.05, 0) is 43.4 Å². The van der Waals surface area contributed by atoms with Gasteiger partial charge in [-0.25, -0.2) is 0 Å². The molecule has 1 N–H and O–H groups in total. The smallest absolute Gasteiger partial charge is 0.241 e. The second-order valence-corrected chi connectivity index (χ2v) is 6.58. The second-order valence-electron chi connectivity index (χ2n) is 6.58. The van der Waals surface area contributed by atoms with Gasteiger partial charge in [-0.3, -0.25) is 10.1 Å². The third-order valence-electron chi connectivity index (χ3n) is 5.25.